The van der Waals surface area contributed by atoms with Crippen LogP contribution in [0, 0.1) is 12.8 Å². The first-order chi connectivity index (χ1) is 10.3. The molecule has 3 heteroatoms. The third-order valence-corrected chi connectivity index (χ3v) is 6.15. The zero-order chi connectivity index (χ0) is 14.7. The number of hydrogen-bond acceptors (Lipinski definition) is 2. The Morgan fingerprint density at radius 1 is 1.10 bits per heavy atom. The van der Waals surface area contributed by atoms with E-state index in [2.05, 4.69) is 51.7 Å². The van der Waals surface area contributed by atoms with Crippen LogP contribution in [0.1, 0.15) is 50.5 Å². The molecule has 0 radical (unpaired) electrons. The molecule has 0 amide bonds. The molecule has 3 atom stereocenters. The van der Waals surface area contributed by atoms with Crippen molar-refractivity contribution in [2.45, 2.75) is 64.0 Å². The third-order valence-electron chi connectivity index (χ3n) is 5.29. The van der Waals surface area contributed by atoms with Gasteiger partial charge in [0.25, 0.3) is 0 Å². The molecular formula is C18H27BrN2. The summed E-state index contributed by atoms with van der Waals surface area (Å²) in [4.78, 5) is 0. The molecular weight excluding hydrogens is 324 g/mol. The van der Waals surface area contributed by atoms with Gasteiger partial charge >= 0.3 is 0 Å². The fourth-order valence-corrected chi connectivity index (χ4v) is 4.39. The molecule has 3 unspecified atom stereocenters. The van der Waals surface area contributed by atoms with Crippen molar-refractivity contribution in [1.82, 2.24) is 5.32 Å². The lowest BCUT2D eigenvalue weighted by molar-refractivity contribution is 0.217. The van der Waals surface area contributed by atoms with Crippen LogP contribution < -0.4 is 10.6 Å². The summed E-state index contributed by atoms with van der Waals surface area (Å²) in [5, 5.41) is 7.65. The van der Waals surface area contributed by atoms with Crippen molar-refractivity contribution in [3.8, 4) is 0 Å². The molecule has 1 aliphatic heterocycles. The van der Waals surface area contributed by atoms with E-state index in [4.69, 9.17) is 0 Å². The van der Waals surface area contributed by atoms with Gasteiger partial charge in [0.1, 0.15) is 0 Å². The van der Waals surface area contributed by atoms with Gasteiger partial charge in [0.2, 0.25) is 0 Å². The first kappa shape index (κ1) is 15.4. The standard InChI is InChI=1S/C18H27BrN2/c1-13-15(19)8-6-11-16(13)21-18-10-3-2-7-14(18)17-9-4-5-12-20-17/h6,8,11,14,17-18,20-21H,2-5,7,9-10,12H2,1H3. The summed E-state index contributed by atoms with van der Waals surface area (Å²) in [7, 11) is 0. The molecule has 2 nitrogen and oxygen atoms in total. The van der Waals surface area contributed by atoms with E-state index in [-0.39, 0.29) is 0 Å². The van der Waals surface area contributed by atoms with Crippen LogP contribution >= 0.6 is 15.9 Å². The largest absolute Gasteiger partial charge is 0.382 e. The van der Waals surface area contributed by atoms with E-state index in [0.29, 0.717) is 6.04 Å². The number of anilines is 1. The topological polar surface area (TPSA) is 24.1 Å². The predicted octanol–water partition coefficient (Wildman–Crippen LogP) is 4.87. The van der Waals surface area contributed by atoms with E-state index < -0.39 is 0 Å². The highest BCUT2D eigenvalue weighted by Gasteiger charge is 2.32. The number of hydrogen-bond donors (Lipinski definition) is 2. The van der Waals surface area contributed by atoms with Crippen molar-refractivity contribution < 1.29 is 0 Å². The molecule has 21 heavy (non-hydrogen) atoms. The van der Waals surface area contributed by atoms with Crippen molar-refractivity contribution >= 4 is 21.6 Å². The summed E-state index contributed by atoms with van der Waals surface area (Å²) in [5.41, 5.74) is 2.63. The van der Waals surface area contributed by atoms with E-state index in [1.807, 2.05) is 0 Å². The maximum absolute atomic E-state index is 3.87. The summed E-state index contributed by atoms with van der Waals surface area (Å²) < 4.78 is 1.20. The fourth-order valence-electron chi connectivity index (χ4n) is 4.03. The zero-order valence-electron chi connectivity index (χ0n) is 13.0. The van der Waals surface area contributed by atoms with Crippen molar-refractivity contribution in [1.29, 1.82) is 0 Å². The van der Waals surface area contributed by atoms with Gasteiger partial charge in [0, 0.05) is 22.2 Å². The first-order valence-electron chi connectivity index (χ1n) is 8.51. The van der Waals surface area contributed by atoms with Gasteiger partial charge in [-0.25, -0.2) is 0 Å². The maximum atomic E-state index is 3.87. The van der Waals surface area contributed by atoms with E-state index in [1.54, 1.807) is 0 Å². The summed E-state index contributed by atoms with van der Waals surface area (Å²) >= 11 is 3.65. The Morgan fingerprint density at radius 2 is 1.90 bits per heavy atom. The second-order valence-corrected chi connectivity index (χ2v) is 7.52. The Kier molecular flexibility index (Phi) is 5.23. The van der Waals surface area contributed by atoms with Crippen LogP contribution in [0.15, 0.2) is 22.7 Å². The van der Waals surface area contributed by atoms with Crippen LogP contribution in [-0.2, 0) is 0 Å². The van der Waals surface area contributed by atoms with E-state index in [1.165, 1.54) is 67.2 Å². The molecule has 2 fully saturated rings. The molecule has 0 bridgehead atoms. The Morgan fingerprint density at radius 3 is 2.71 bits per heavy atom. The lowest BCUT2D eigenvalue weighted by atomic mass is 9.77. The van der Waals surface area contributed by atoms with Crippen molar-refractivity contribution in [3.63, 3.8) is 0 Å². The molecule has 1 aromatic carbocycles. The highest BCUT2D eigenvalue weighted by atomic mass is 79.9. The van der Waals surface area contributed by atoms with Crippen LogP contribution in [0.3, 0.4) is 0 Å². The molecule has 1 aromatic rings. The summed E-state index contributed by atoms with van der Waals surface area (Å²) in [6, 6.07) is 7.84. The number of piperidine rings is 1. The van der Waals surface area contributed by atoms with E-state index in [0.717, 1.165) is 12.0 Å². The van der Waals surface area contributed by atoms with Crippen LogP contribution in [0.2, 0.25) is 0 Å². The minimum Gasteiger partial charge on any atom is -0.382 e. The minimum atomic E-state index is 0.627. The molecule has 0 aromatic heterocycles. The highest BCUT2D eigenvalue weighted by molar-refractivity contribution is 9.10. The van der Waals surface area contributed by atoms with Gasteiger partial charge in [-0.2, -0.15) is 0 Å². The normalized spacial score (nSPS) is 30.1. The number of nitrogens with one attached hydrogen (secondary N) is 2. The van der Waals surface area contributed by atoms with Crippen LogP contribution in [0.25, 0.3) is 0 Å². The van der Waals surface area contributed by atoms with Gasteiger partial charge in [0.15, 0.2) is 0 Å². The van der Waals surface area contributed by atoms with Gasteiger partial charge in [0.05, 0.1) is 0 Å². The SMILES string of the molecule is Cc1c(Br)cccc1NC1CCCCC1C1CCCCN1. The molecule has 116 valence electrons. The molecule has 1 saturated carbocycles. The Labute approximate surface area is 137 Å². The van der Waals surface area contributed by atoms with Crippen LogP contribution in [-0.4, -0.2) is 18.6 Å². The number of rotatable bonds is 3. The predicted molar refractivity (Wildman–Crippen MR) is 93.9 cm³/mol. The van der Waals surface area contributed by atoms with Crippen molar-refractivity contribution in [2.24, 2.45) is 5.92 Å². The smallest absolute Gasteiger partial charge is 0.0383 e. The fraction of sp³-hybridized carbons (Fsp3) is 0.667. The average Bonchev–Trinajstić information content (AvgIpc) is 2.53. The quantitative estimate of drug-likeness (QED) is 0.812. The Balaban J connectivity index is 1.73. The Hall–Kier alpha value is -0.540. The van der Waals surface area contributed by atoms with Gasteiger partial charge < -0.3 is 10.6 Å². The third kappa shape index (κ3) is 3.62. The summed E-state index contributed by atoms with van der Waals surface area (Å²) in [6.07, 6.45) is 9.58. The molecule has 2 aliphatic rings. The average molecular weight is 351 g/mol. The van der Waals surface area contributed by atoms with Gasteiger partial charge in [-0.15, -0.1) is 0 Å². The maximum Gasteiger partial charge on any atom is 0.0383 e. The van der Waals surface area contributed by atoms with Gasteiger partial charge in [-0.3, -0.25) is 0 Å². The lowest BCUT2D eigenvalue weighted by Crippen LogP contribution is -2.48. The monoisotopic (exact) mass is 350 g/mol. The number of halogens is 1. The van der Waals surface area contributed by atoms with Crippen molar-refractivity contribution in [3.05, 3.63) is 28.2 Å². The van der Waals surface area contributed by atoms with E-state index in [9.17, 15) is 0 Å². The molecule has 1 aliphatic carbocycles. The van der Waals surface area contributed by atoms with Gasteiger partial charge in [-0.1, -0.05) is 41.3 Å². The molecule has 0 spiro atoms. The molecule has 2 N–H and O–H groups in total. The lowest BCUT2D eigenvalue weighted by Gasteiger charge is -2.40. The second kappa shape index (κ2) is 7.15. The van der Waals surface area contributed by atoms with Crippen LogP contribution in [0.5, 0.6) is 0 Å². The molecule has 1 heterocycles. The summed E-state index contributed by atoms with van der Waals surface area (Å²) in [5.74, 6) is 0.789. The van der Waals surface area contributed by atoms with Crippen LogP contribution in [0.4, 0.5) is 5.69 Å². The molecule has 1 saturated heterocycles. The van der Waals surface area contributed by atoms with E-state index >= 15 is 0 Å². The van der Waals surface area contributed by atoms with Gasteiger partial charge in [-0.05, 0) is 62.8 Å². The zero-order valence-corrected chi connectivity index (χ0v) is 14.6. The Bertz CT molecular complexity index is 468. The number of benzene rings is 1. The van der Waals surface area contributed by atoms with Crippen molar-refractivity contribution in [2.75, 3.05) is 11.9 Å². The second-order valence-electron chi connectivity index (χ2n) is 6.67. The highest BCUT2D eigenvalue weighted by Crippen LogP contribution is 2.34. The minimum absolute atomic E-state index is 0.627. The summed E-state index contributed by atoms with van der Waals surface area (Å²) in [6.45, 7) is 3.41. The first-order valence-corrected chi connectivity index (χ1v) is 9.30. The molecule has 3 rings (SSSR count).